The smallest absolute Gasteiger partial charge is 0.276 e. The summed E-state index contributed by atoms with van der Waals surface area (Å²) in [5, 5.41) is 7.80. The van der Waals surface area contributed by atoms with Gasteiger partial charge in [0.25, 0.3) is 21.5 Å². The van der Waals surface area contributed by atoms with E-state index in [-0.39, 0.29) is 28.1 Å². The number of carbonyl (C=O) groups excluding carboxylic acids is 1. The van der Waals surface area contributed by atoms with Crippen LogP contribution < -0.4 is 15.6 Å². The minimum absolute atomic E-state index is 0.0233. The molecule has 0 saturated carbocycles. The average molecular weight is 465 g/mol. The van der Waals surface area contributed by atoms with Gasteiger partial charge in [-0.2, -0.15) is 5.10 Å². The Morgan fingerprint density at radius 3 is 2.21 bits per heavy atom. The predicted molar refractivity (Wildman–Crippen MR) is 124 cm³/mol. The molecule has 0 spiro atoms. The highest BCUT2D eigenvalue weighted by atomic mass is 32.2. The van der Waals surface area contributed by atoms with Crippen LogP contribution >= 0.6 is 0 Å². The summed E-state index contributed by atoms with van der Waals surface area (Å²) < 4.78 is 28.6. The molecule has 4 rings (SSSR count). The van der Waals surface area contributed by atoms with Crippen LogP contribution in [0.1, 0.15) is 30.4 Å². The highest BCUT2D eigenvalue weighted by Gasteiger charge is 2.19. The molecule has 10 nitrogen and oxygen atoms in total. The van der Waals surface area contributed by atoms with E-state index < -0.39 is 15.9 Å². The van der Waals surface area contributed by atoms with Gasteiger partial charge in [0.05, 0.1) is 16.3 Å². The lowest BCUT2D eigenvalue weighted by atomic mass is 10.1. The first kappa shape index (κ1) is 22.1. The van der Waals surface area contributed by atoms with Gasteiger partial charge in [-0.3, -0.25) is 9.59 Å². The van der Waals surface area contributed by atoms with Crippen LogP contribution in [0.3, 0.4) is 0 Å². The minimum atomic E-state index is -3.90. The predicted octanol–water partition coefficient (Wildman–Crippen LogP) is 2.82. The van der Waals surface area contributed by atoms with Crippen molar-refractivity contribution in [3.05, 3.63) is 83.0 Å². The summed E-state index contributed by atoms with van der Waals surface area (Å²) in [7, 11) is -3.90. The maximum atomic E-state index is 13.0. The van der Waals surface area contributed by atoms with Gasteiger partial charge < -0.3 is 5.32 Å². The van der Waals surface area contributed by atoms with Gasteiger partial charge in [0.15, 0.2) is 5.69 Å². The number of nitrogens with zero attached hydrogens (tertiary/aromatic N) is 4. The number of sulfonamides is 1. The topological polar surface area (TPSA) is 136 Å². The Bertz CT molecular complexity index is 1480. The van der Waals surface area contributed by atoms with Crippen LogP contribution in [0.5, 0.6) is 0 Å². The fraction of sp³-hybridized carbons (Fsp3) is 0.136. The number of fused-ring (bicyclic) bond motifs is 1. The molecule has 33 heavy (non-hydrogen) atoms. The van der Waals surface area contributed by atoms with Gasteiger partial charge in [0.2, 0.25) is 5.95 Å². The van der Waals surface area contributed by atoms with E-state index in [9.17, 15) is 18.0 Å². The lowest BCUT2D eigenvalue weighted by Crippen LogP contribution is -2.28. The second-order valence-electron chi connectivity index (χ2n) is 7.39. The molecule has 168 valence electrons. The molecule has 2 heterocycles. The summed E-state index contributed by atoms with van der Waals surface area (Å²) in [6.45, 7) is 3.61. The molecule has 0 radical (unpaired) electrons. The third-order valence-corrected chi connectivity index (χ3v) is 6.09. The van der Waals surface area contributed by atoms with Gasteiger partial charge in [-0.05, 0) is 50.2 Å². The van der Waals surface area contributed by atoms with E-state index in [1.165, 1.54) is 41.3 Å². The first-order chi connectivity index (χ1) is 15.8. The Morgan fingerprint density at radius 2 is 1.58 bits per heavy atom. The molecule has 11 heteroatoms. The summed E-state index contributed by atoms with van der Waals surface area (Å²) in [4.78, 5) is 33.3. The fourth-order valence-corrected chi connectivity index (χ4v) is 4.12. The van der Waals surface area contributed by atoms with Gasteiger partial charge in [-0.1, -0.05) is 18.2 Å². The van der Waals surface area contributed by atoms with E-state index in [1.54, 1.807) is 44.2 Å². The van der Waals surface area contributed by atoms with Gasteiger partial charge >= 0.3 is 0 Å². The molecule has 0 unspecified atom stereocenters. The summed E-state index contributed by atoms with van der Waals surface area (Å²) in [6.07, 6.45) is 2.84. The molecular formula is C22H20N6O4S. The van der Waals surface area contributed by atoms with Crippen molar-refractivity contribution in [2.75, 3.05) is 10.0 Å². The van der Waals surface area contributed by atoms with E-state index in [4.69, 9.17) is 0 Å². The zero-order valence-electron chi connectivity index (χ0n) is 17.8. The molecule has 2 aromatic heterocycles. The number of carbonyl (C=O) groups is 1. The monoisotopic (exact) mass is 464 g/mol. The number of aromatic nitrogens is 4. The Hall–Kier alpha value is -4.12. The zero-order chi connectivity index (χ0) is 23.6. The van der Waals surface area contributed by atoms with Crippen LogP contribution in [-0.4, -0.2) is 34.1 Å². The first-order valence-corrected chi connectivity index (χ1v) is 11.5. The molecule has 0 aliphatic rings. The van der Waals surface area contributed by atoms with Crippen molar-refractivity contribution >= 4 is 38.3 Å². The van der Waals surface area contributed by atoms with Crippen LogP contribution in [-0.2, 0) is 10.0 Å². The number of amides is 1. The quantitative estimate of drug-likeness (QED) is 0.448. The van der Waals surface area contributed by atoms with E-state index in [0.29, 0.717) is 16.5 Å². The lowest BCUT2D eigenvalue weighted by molar-refractivity contribution is 0.102. The van der Waals surface area contributed by atoms with Gasteiger partial charge in [0, 0.05) is 23.5 Å². The summed E-state index contributed by atoms with van der Waals surface area (Å²) in [5.74, 6) is -0.569. The second kappa shape index (κ2) is 8.79. The van der Waals surface area contributed by atoms with Crippen molar-refractivity contribution in [1.29, 1.82) is 0 Å². The standard InChI is InChI=1S/C22H20N6O4S/c1-14(2)28-21(30)18-7-4-3-6-17(18)19(26-28)20(29)25-15-8-10-16(11-9-15)33(31,32)27-22-23-12-5-13-24-22/h3-14H,1-2H3,(H,25,29)(H,23,24,27). The maximum absolute atomic E-state index is 13.0. The van der Waals surface area contributed by atoms with Crippen LogP contribution in [0.15, 0.2) is 76.7 Å². The minimum Gasteiger partial charge on any atom is -0.321 e. The molecule has 1 amide bonds. The van der Waals surface area contributed by atoms with Crippen LogP contribution in [0, 0.1) is 0 Å². The largest absolute Gasteiger partial charge is 0.321 e. The van der Waals surface area contributed by atoms with E-state index in [1.807, 2.05) is 0 Å². The van der Waals surface area contributed by atoms with Crippen molar-refractivity contribution in [2.24, 2.45) is 0 Å². The third-order valence-electron chi connectivity index (χ3n) is 4.75. The lowest BCUT2D eigenvalue weighted by Gasteiger charge is -2.13. The summed E-state index contributed by atoms with van der Waals surface area (Å²) >= 11 is 0. The van der Waals surface area contributed by atoms with E-state index >= 15 is 0 Å². The number of nitrogens with one attached hydrogen (secondary N) is 2. The second-order valence-corrected chi connectivity index (χ2v) is 9.08. The molecule has 0 atom stereocenters. The van der Waals surface area contributed by atoms with Crippen LogP contribution in [0.4, 0.5) is 11.6 Å². The molecule has 0 saturated heterocycles. The summed E-state index contributed by atoms with van der Waals surface area (Å²) in [6, 6.07) is 13.7. The van der Waals surface area contributed by atoms with E-state index in [2.05, 4.69) is 25.1 Å². The third kappa shape index (κ3) is 4.58. The van der Waals surface area contributed by atoms with Crippen molar-refractivity contribution in [3.8, 4) is 0 Å². The maximum Gasteiger partial charge on any atom is 0.276 e. The fourth-order valence-electron chi connectivity index (χ4n) is 3.16. The molecule has 0 bridgehead atoms. The number of benzene rings is 2. The highest BCUT2D eigenvalue weighted by molar-refractivity contribution is 7.92. The Labute approximate surface area is 189 Å². The molecule has 0 fully saturated rings. The number of rotatable bonds is 6. The molecular weight excluding hydrogens is 444 g/mol. The van der Waals surface area contributed by atoms with Crippen molar-refractivity contribution < 1.29 is 13.2 Å². The van der Waals surface area contributed by atoms with Crippen molar-refractivity contribution in [2.45, 2.75) is 24.8 Å². The molecule has 2 aromatic carbocycles. The number of hydrogen-bond donors (Lipinski definition) is 2. The average Bonchev–Trinajstić information content (AvgIpc) is 2.80. The van der Waals surface area contributed by atoms with Crippen molar-refractivity contribution in [1.82, 2.24) is 19.7 Å². The summed E-state index contributed by atoms with van der Waals surface area (Å²) in [5.41, 5.74) is 0.184. The Kier molecular flexibility index (Phi) is 5.88. The van der Waals surface area contributed by atoms with E-state index in [0.717, 1.165) is 0 Å². The first-order valence-electron chi connectivity index (χ1n) is 9.99. The molecule has 4 aromatic rings. The molecule has 0 aliphatic carbocycles. The normalized spacial score (nSPS) is 11.5. The number of hydrogen-bond acceptors (Lipinski definition) is 7. The molecule has 0 aliphatic heterocycles. The zero-order valence-corrected chi connectivity index (χ0v) is 18.6. The Morgan fingerprint density at radius 1 is 0.939 bits per heavy atom. The van der Waals surface area contributed by atoms with Gasteiger partial charge in [-0.15, -0.1) is 0 Å². The Balaban J connectivity index is 1.60. The molecule has 2 N–H and O–H groups in total. The number of anilines is 2. The van der Waals surface area contributed by atoms with Gasteiger partial charge in [0.1, 0.15) is 0 Å². The van der Waals surface area contributed by atoms with Crippen LogP contribution in [0.2, 0.25) is 0 Å². The van der Waals surface area contributed by atoms with Crippen LogP contribution in [0.25, 0.3) is 10.8 Å². The van der Waals surface area contributed by atoms with Crippen molar-refractivity contribution in [3.63, 3.8) is 0 Å². The highest BCUT2D eigenvalue weighted by Crippen LogP contribution is 2.19. The van der Waals surface area contributed by atoms with Gasteiger partial charge in [-0.25, -0.2) is 27.8 Å². The SMILES string of the molecule is CC(C)n1nc(C(=O)Nc2ccc(S(=O)(=O)Nc3ncccn3)cc2)c2ccccc2c1=O.